The van der Waals surface area contributed by atoms with Gasteiger partial charge in [0, 0.05) is 120 Å². The number of unbranched alkanes of at least 4 members (excludes halogenated alkanes) is 1. The molecule has 4 bridgehead atoms. The number of likely N-dealkylation sites (N-methyl/N-ethyl adjacent to an activating group) is 3. The van der Waals surface area contributed by atoms with Crippen LogP contribution in [0.5, 0.6) is 5.75 Å². The summed E-state index contributed by atoms with van der Waals surface area (Å²) in [5.74, 6) is -17.0. The van der Waals surface area contributed by atoms with Crippen LogP contribution in [0.3, 0.4) is 0 Å². The van der Waals surface area contributed by atoms with Gasteiger partial charge in [0.25, 0.3) is 0 Å². The quantitative estimate of drug-likeness (QED) is 0.0160. The number of thioether (sulfide) groups is 1. The third-order valence-electron chi connectivity index (χ3n) is 26.7. The zero-order valence-electron chi connectivity index (χ0n) is 86.2. The molecule has 4 aliphatic heterocycles. The summed E-state index contributed by atoms with van der Waals surface area (Å²) in [6.45, 7) is 6.72. The van der Waals surface area contributed by atoms with Crippen molar-refractivity contribution in [2.75, 3.05) is 92.6 Å². The monoisotopic (exact) mass is 2110 g/mol. The number of β-amino-alcohol motifs (C(OH)–C–C–N with tert-alkyl or cyclic N) is 1. The van der Waals surface area contributed by atoms with Gasteiger partial charge >= 0.3 is 13.1 Å². The highest BCUT2D eigenvalue weighted by atomic mass is 32.2. The number of aromatic hydroxyl groups is 1. The number of phenolic OH excluding ortho intramolecular Hbond substituents is 1. The van der Waals surface area contributed by atoms with E-state index >= 15 is 33.6 Å². The van der Waals surface area contributed by atoms with Gasteiger partial charge in [-0.25, -0.2) is 0 Å². The summed E-state index contributed by atoms with van der Waals surface area (Å²) in [5, 5.41) is 113. The molecule has 3 saturated heterocycles. The number of hydrogen-bond donors (Lipinski definition) is 22. The molecule has 49 heteroatoms. The molecule has 2 aromatic heterocycles. The summed E-state index contributed by atoms with van der Waals surface area (Å²) in [5.41, 5.74) is 14.7. The Kier molecular flexibility index (Phi) is 44.3. The summed E-state index contributed by atoms with van der Waals surface area (Å²) in [6.07, 6.45) is -7.89. The molecular weight excluding hydrogens is 1970 g/mol. The largest absolute Gasteiger partial charge is 0.508 e. The maximum absolute atomic E-state index is 15.6. The third-order valence-corrected chi connectivity index (χ3v) is 27.8. The summed E-state index contributed by atoms with van der Waals surface area (Å²) in [6, 6.07) is 7.15. The van der Waals surface area contributed by atoms with Gasteiger partial charge in [0.1, 0.15) is 103 Å². The van der Waals surface area contributed by atoms with Crippen molar-refractivity contribution >= 4 is 147 Å². The Morgan fingerprint density at radius 3 is 2.03 bits per heavy atom. The number of aromatic nitrogens is 2. The minimum atomic E-state index is -2.14. The number of aliphatic carboxylic acids is 1. The Morgan fingerprint density at radius 2 is 1.35 bits per heavy atom. The molecule has 818 valence electrons. The molecule has 150 heavy (non-hydrogen) atoms. The van der Waals surface area contributed by atoms with E-state index in [1.54, 1.807) is 118 Å². The number of likely N-dealkylation sites (tertiary alicyclic amines) is 1. The van der Waals surface area contributed by atoms with Crippen LogP contribution in [0.1, 0.15) is 128 Å². The zero-order valence-corrected chi connectivity index (χ0v) is 87.0. The minimum Gasteiger partial charge on any atom is -0.508 e. The lowest BCUT2D eigenvalue weighted by atomic mass is 9.76. The number of aromatic amines is 1. The molecule has 47 nitrogen and oxygen atoms in total. The van der Waals surface area contributed by atoms with E-state index in [-0.39, 0.29) is 88.4 Å². The number of carbonyl (C=O) groups is 17. The number of carboxylic acids is 1. The number of nitrogens with two attached hydrogens (primary N) is 2. The first kappa shape index (κ1) is 119. The molecule has 0 saturated carbocycles. The molecule has 6 aromatic rings. The van der Waals surface area contributed by atoms with E-state index in [1.165, 1.54) is 61.8 Å². The number of nitrogens with one attached hydrogen (secondary N) is 13. The number of hydrogen-bond acceptors (Lipinski definition) is 29. The number of para-hydroxylation sites is 2. The number of nitrogens with zero attached hydrogens (tertiary/aromatic N) is 6. The van der Waals surface area contributed by atoms with Gasteiger partial charge in [0.2, 0.25) is 94.5 Å². The van der Waals surface area contributed by atoms with Crippen LogP contribution >= 0.6 is 11.8 Å². The number of benzene rings is 4. The van der Waals surface area contributed by atoms with Crippen LogP contribution in [0.15, 0.2) is 109 Å². The highest BCUT2D eigenvalue weighted by Gasteiger charge is 2.48. The van der Waals surface area contributed by atoms with Crippen LogP contribution in [0.4, 0.5) is 0 Å². The number of amides is 16. The molecule has 4 aliphatic rings. The average molecular weight is 2110 g/mol. The lowest BCUT2D eigenvalue weighted by Gasteiger charge is -2.37. The Balaban J connectivity index is 0.901. The fourth-order valence-corrected chi connectivity index (χ4v) is 19.5. The molecule has 0 aliphatic carbocycles. The van der Waals surface area contributed by atoms with E-state index in [0.29, 0.717) is 55.9 Å². The standard InChI is InChI=1S/C101H144BN21O26S/c1-12-13-25-77(118(7)8)95(141)111-68(35-54(2)3)92(138)117-75(90(136)108-47-83(104)129)52-150-53-84(130)109-71(38-57-28-30-62(124)31-29-57)99(145)120(11)56(6)89(135)113-73(42-82(103)128)100(146)122-34-19-27-78(122)96(142)116-74-45-106-46-80(126)86(133)87(134)88-81(127)51-148-102(149-88)61-21-18-20-58(37-61)43-105-33-32-67(91(137)115-72(98(144)119(9)10)40-60-48-121(50-85(131)132)76-26-17-15-23-65(60)76)110-93(139)69(39-59-44-107-66-24-16-14-22-64(59)66)112-97(143)79-41-63(125)49-123(79)101(147)70(36-55(4)5)114-94(74)140/h14-18,20-24,26,28-31,37,44,48,54-56,63,67-75,77-81,86-88,105-107,124-127,133-134H,12-13,19,25,27,32-36,38-43,45-47,49-53H2,1-11H3,(H2,103,128)(H2,104,129)(H,108,136)(H,109,130)(H,110,139)(H,111,141)(H,112,143)(H,113,135)(H,114,140)(H,115,137)(H,116,142)(H,117,138)(H,131,132)/t56-,63+,67-,68-,69-,70-,71-,72-,73-,74-,75-,77-,78-,79-,80+,81?,86+,87-,88+/m0/s1. The first-order chi connectivity index (χ1) is 71.2. The Morgan fingerprint density at radius 1 is 0.660 bits per heavy atom. The van der Waals surface area contributed by atoms with Gasteiger partial charge in [-0.3, -0.25) is 86.4 Å². The summed E-state index contributed by atoms with van der Waals surface area (Å²) in [7, 11) is 6.32. The normalized spacial score (nSPS) is 22.3. The predicted molar refractivity (Wildman–Crippen MR) is 551 cm³/mol. The van der Waals surface area contributed by atoms with Crippen molar-refractivity contribution in [1.82, 2.24) is 97.9 Å². The number of carboxylic acid groups (broad SMARTS) is 1. The predicted octanol–water partition coefficient (Wildman–Crippen LogP) is -5.05. The Labute approximate surface area is 873 Å². The number of primary amides is 2. The van der Waals surface area contributed by atoms with Crippen molar-refractivity contribution in [2.45, 2.75) is 253 Å². The first-order valence-corrected chi connectivity index (χ1v) is 51.5. The molecule has 3 fully saturated rings. The smallest absolute Gasteiger partial charge is 0.494 e. The number of aliphatic hydroxyl groups is 5. The summed E-state index contributed by atoms with van der Waals surface area (Å²) in [4.78, 5) is 254. The highest BCUT2D eigenvalue weighted by molar-refractivity contribution is 8.00. The van der Waals surface area contributed by atoms with Crippen LogP contribution < -0.4 is 80.7 Å². The minimum absolute atomic E-state index is 0.0291. The maximum Gasteiger partial charge on any atom is 0.494 e. The van der Waals surface area contributed by atoms with Gasteiger partial charge in [0.15, 0.2) is 0 Å². The van der Waals surface area contributed by atoms with Crippen molar-refractivity contribution < 1.29 is 127 Å². The van der Waals surface area contributed by atoms with Crippen molar-refractivity contribution in [3.8, 4) is 5.75 Å². The van der Waals surface area contributed by atoms with E-state index in [2.05, 4.69) is 68.8 Å². The number of rotatable bonds is 40. The van der Waals surface area contributed by atoms with Gasteiger partial charge in [0.05, 0.1) is 49.7 Å². The van der Waals surface area contributed by atoms with Gasteiger partial charge in [-0.1, -0.05) is 120 Å². The number of carbonyl (C=O) groups excluding carboxylic acids is 16. The van der Waals surface area contributed by atoms with Gasteiger partial charge in [-0.05, 0) is 130 Å². The van der Waals surface area contributed by atoms with E-state index < -0.39 is 287 Å². The fraction of sp³-hybridized carbons (Fsp3) is 0.554. The van der Waals surface area contributed by atoms with Crippen LogP contribution in [0.25, 0.3) is 21.8 Å². The van der Waals surface area contributed by atoms with Gasteiger partial charge in [-0.15, -0.1) is 11.8 Å². The molecule has 0 spiro atoms. The number of aliphatic hydroxyl groups excluding tert-OH is 5. The molecule has 19 atom stereocenters. The first-order valence-electron chi connectivity index (χ1n) is 50.4. The average Bonchev–Trinajstić information content (AvgIpc) is 1.66. The van der Waals surface area contributed by atoms with Crippen LogP contribution in [0, 0.1) is 11.8 Å². The fourth-order valence-electron chi connectivity index (χ4n) is 18.7. The van der Waals surface area contributed by atoms with Crippen molar-refractivity contribution in [1.29, 1.82) is 0 Å². The zero-order chi connectivity index (χ0) is 110. The van der Waals surface area contributed by atoms with E-state index in [9.17, 15) is 83.7 Å². The molecule has 4 aromatic carbocycles. The maximum atomic E-state index is 15.6. The van der Waals surface area contributed by atoms with Crippen molar-refractivity contribution in [2.24, 2.45) is 23.3 Å². The molecule has 24 N–H and O–H groups in total. The molecule has 0 radical (unpaired) electrons. The number of fused-ring (bicyclic) bond motifs is 8. The SMILES string of the molecule is CCCC[C@@H](C(=O)N[C@@H](CC(C)C)C(=O)N[C@@H](CSCC(=O)N[C@@H](Cc1ccc(O)cc1)C(=O)N(C)[C@@H](C)C(=O)N[C@@H](CC(N)=O)C(=O)N1CCC[C@H]1C(=O)N[C@H]1CNC[C@@H](O)[C@@H](O)[C@H](O)[C@@H]2OB(OCC2O)c2cccc(c2)CNCC[C@@H](C(=O)N[C@@H](Cc2cn(CC(=O)O)c3ccccc23)C(=O)N(C)C)NC(=O)[C@H](Cc2c[nH]c3ccccc23)NC(=O)[C@@H]2C[C@@H](O)CN2C(=O)[C@H](CC(C)C)NC1=O)C(=O)NCC(N)=O)N(C)C. The van der Waals surface area contributed by atoms with E-state index in [0.717, 1.165) is 39.3 Å². The van der Waals surface area contributed by atoms with Crippen LogP contribution in [0.2, 0.25) is 0 Å². The van der Waals surface area contributed by atoms with Crippen LogP contribution in [-0.4, -0.2) is 385 Å². The van der Waals surface area contributed by atoms with Crippen LogP contribution in [-0.2, 0) is 123 Å². The topological polar surface area (TPSA) is 684 Å². The molecule has 6 heterocycles. The lowest BCUT2D eigenvalue weighted by molar-refractivity contribution is -0.149. The Hall–Kier alpha value is -13.2. The van der Waals surface area contributed by atoms with Crippen molar-refractivity contribution in [3.05, 3.63) is 132 Å². The summed E-state index contributed by atoms with van der Waals surface area (Å²) < 4.78 is 13.6. The lowest BCUT2D eigenvalue weighted by Crippen LogP contribution is -2.62. The second kappa shape index (κ2) is 56.0. The molecule has 10 rings (SSSR count). The third kappa shape index (κ3) is 33.4. The van der Waals surface area contributed by atoms with Crippen molar-refractivity contribution in [3.63, 3.8) is 0 Å². The summed E-state index contributed by atoms with van der Waals surface area (Å²) >= 11 is 0.837. The number of H-pyrrole nitrogens is 1. The molecule has 16 amide bonds. The van der Waals surface area contributed by atoms with Gasteiger partial charge < -0.3 is 149 Å². The number of phenols is 1. The van der Waals surface area contributed by atoms with E-state index in [1.807, 2.05) is 20.8 Å². The second-order valence-electron chi connectivity index (χ2n) is 39.9. The Bertz CT molecular complexity index is 5740. The van der Waals surface area contributed by atoms with Gasteiger partial charge in [-0.2, -0.15) is 0 Å². The van der Waals surface area contributed by atoms with E-state index in [4.69, 9.17) is 20.8 Å². The second-order valence-corrected chi connectivity index (χ2v) is 40.9. The highest BCUT2D eigenvalue weighted by Crippen LogP contribution is 2.29. The molecular formula is C101H144BN21O26S. The molecule has 1 unspecified atom stereocenters.